The quantitative estimate of drug-likeness (QED) is 0.459. The van der Waals surface area contributed by atoms with Gasteiger partial charge in [-0.15, -0.1) is 0 Å². The Morgan fingerprint density at radius 2 is 1.72 bits per heavy atom. The van der Waals surface area contributed by atoms with Crippen LogP contribution in [0.2, 0.25) is 0 Å². The van der Waals surface area contributed by atoms with E-state index in [0.29, 0.717) is 43.9 Å². The Morgan fingerprint density at radius 3 is 2.28 bits per heavy atom. The van der Waals surface area contributed by atoms with Crippen LogP contribution >= 0.6 is 0 Å². The number of piperidine rings is 1. The summed E-state index contributed by atoms with van der Waals surface area (Å²) in [7, 11) is 6.45. The molecule has 1 saturated heterocycles. The van der Waals surface area contributed by atoms with E-state index in [9.17, 15) is 19.2 Å². The van der Waals surface area contributed by atoms with Gasteiger partial charge in [-0.25, -0.2) is 9.80 Å². The number of rotatable bonds is 9. The van der Waals surface area contributed by atoms with E-state index < -0.39 is 23.2 Å². The van der Waals surface area contributed by atoms with Crippen molar-refractivity contribution in [2.45, 2.75) is 84.4 Å². The standard InChI is InChI=1S/C31H47N5O7/c1-30(2,3)43-29(40)32-22(11-13-26(37)34(6)7)27(38)35-16-14-21(15-17-35)36-28(39)31(4,5)19-23(33-36)20-10-12-24(41-8)25(18-20)42-9/h10,12,18,21-22H,11,13-17,19H2,1-9H3,(H,32,40)/t22-/m1/s1. The van der Waals surface area contributed by atoms with Gasteiger partial charge in [0.15, 0.2) is 11.5 Å². The van der Waals surface area contributed by atoms with E-state index in [0.717, 1.165) is 11.3 Å². The number of hydrogen-bond acceptors (Lipinski definition) is 8. The normalized spacial score (nSPS) is 18.0. The monoisotopic (exact) mass is 601 g/mol. The van der Waals surface area contributed by atoms with Gasteiger partial charge in [0, 0.05) is 45.6 Å². The first-order chi connectivity index (χ1) is 20.1. The van der Waals surface area contributed by atoms with E-state index >= 15 is 0 Å². The van der Waals surface area contributed by atoms with Crippen LogP contribution in [0.15, 0.2) is 23.3 Å². The van der Waals surface area contributed by atoms with Crippen molar-refractivity contribution in [3.63, 3.8) is 0 Å². The number of alkyl carbamates (subject to hydrolysis) is 1. The van der Waals surface area contributed by atoms with Gasteiger partial charge in [-0.3, -0.25) is 14.4 Å². The van der Waals surface area contributed by atoms with Crippen LogP contribution in [0.5, 0.6) is 11.5 Å². The summed E-state index contributed by atoms with van der Waals surface area (Å²) in [6, 6.07) is 4.48. The van der Waals surface area contributed by atoms with Crippen LogP contribution in [-0.2, 0) is 19.1 Å². The molecule has 1 fully saturated rings. The smallest absolute Gasteiger partial charge is 0.408 e. The summed E-state index contributed by atoms with van der Waals surface area (Å²) < 4.78 is 16.2. The first-order valence-corrected chi connectivity index (χ1v) is 14.7. The second-order valence-corrected chi connectivity index (χ2v) is 12.9. The zero-order valence-corrected chi connectivity index (χ0v) is 27.0. The fourth-order valence-electron chi connectivity index (χ4n) is 5.19. The maximum Gasteiger partial charge on any atom is 0.408 e. The Kier molecular flexibility index (Phi) is 10.7. The highest BCUT2D eigenvalue weighted by Gasteiger charge is 2.42. The summed E-state index contributed by atoms with van der Waals surface area (Å²) in [4.78, 5) is 55.0. The fraction of sp³-hybridized carbons (Fsp3) is 0.645. The van der Waals surface area contributed by atoms with Crippen LogP contribution in [-0.4, -0.2) is 103 Å². The van der Waals surface area contributed by atoms with E-state index in [-0.39, 0.29) is 36.6 Å². The molecular formula is C31H47N5O7. The largest absolute Gasteiger partial charge is 0.493 e. The lowest BCUT2D eigenvalue weighted by molar-refractivity contribution is -0.145. The zero-order valence-electron chi connectivity index (χ0n) is 27.0. The summed E-state index contributed by atoms with van der Waals surface area (Å²) >= 11 is 0. The minimum Gasteiger partial charge on any atom is -0.493 e. The number of carbonyl (C=O) groups is 4. The van der Waals surface area contributed by atoms with Crippen LogP contribution in [0.4, 0.5) is 4.79 Å². The van der Waals surface area contributed by atoms with Gasteiger partial charge >= 0.3 is 6.09 Å². The lowest BCUT2D eigenvalue weighted by atomic mass is 9.82. The first kappa shape index (κ1) is 33.7. The topological polar surface area (TPSA) is 130 Å². The van der Waals surface area contributed by atoms with Crippen molar-refractivity contribution in [3.8, 4) is 11.5 Å². The number of likely N-dealkylation sites (tertiary alicyclic amines) is 1. The third kappa shape index (κ3) is 8.61. The Hall–Kier alpha value is -3.83. The van der Waals surface area contributed by atoms with E-state index in [1.54, 1.807) is 59.0 Å². The molecule has 238 valence electrons. The van der Waals surface area contributed by atoms with Crippen LogP contribution in [0, 0.1) is 5.41 Å². The molecule has 2 heterocycles. The summed E-state index contributed by atoms with van der Waals surface area (Å²) in [5, 5.41) is 9.07. The molecule has 0 unspecified atom stereocenters. The molecule has 2 aliphatic rings. The van der Waals surface area contributed by atoms with E-state index in [1.807, 2.05) is 32.0 Å². The molecular weight excluding hydrogens is 554 g/mol. The lowest BCUT2D eigenvalue weighted by Gasteiger charge is -2.42. The third-order valence-electron chi connectivity index (χ3n) is 7.60. The van der Waals surface area contributed by atoms with Crippen molar-refractivity contribution in [2.24, 2.45) is 10.5 Å². The van der Waals surface area contributed by atoms with Gasteiger partial charge in [0.2, 0.25) is 17.7 Å². The average molecular weight is 602 g/mol. The van der Waals surface area contributed by atoms with Crippen molar-refractivity contribution in [1.29, 1.82) is 0 Å². The van der Waals surface area contributed by atoms with Crippen molar-refractivity contribution in [2.75, 3.05) is 41.4 Å². The summed E-state index contributed by atoms with van der Waals surface area (Å²) in [6.07, 6.45) is 1.04. The highest BCUT2D eigenvalue weighted by atomic mass is 16.6. The molecule has 0 radical (unpaired) electrons. The molecule has 0 bridgehead atoms. The number of nitrogens with zero attached hydrogens (tertiary/aromatic N) is 4. The molecule has 0 saturated carbocycles. The maximum absolute atomic E-state index is 13.6. The minimum absolute atomic E-state index is 0.0619. The number of carbonyl (C=O) groups excluding carboxylic acids is 4. The van der Waals surface area contributed by atoms with Gasteiger partial charge in [-0.1, -0.05) is 13.8 Å². The molecule has 0 aromatic heterocycles. The number of ether oxygens (including phenoxy) is 3. The number of benzene rings is 1. The molecule has 3 rings (SSSR count). The van der Waals surface area contributed by atoms with Gasteiger partial charge in [0.05, 0.1) is 31.4 Å². The Labute approximate surface area is 254 Å². The van der Waals surface area contributed by atoms with Crippen LogP contribution < -0.4 is 14.8 Å². The molecule has 1 aromatic rings. The Balaban J connectivity index is 1.76. The van der Waals surface area contributed by atoms with Crippen molar-refractivity contribution in [1.82, 2.24) is 20.1 Å². The minimum atomic E-state index is -0.916. The Bertz CT molecular complexity index is 1230. The fourth-order valence-corrected chi connectivity index (χ4v) is 5.19. The predicted octanol–water partition coefficient (Wildman–Crippen LogP) is 3.42. The maximum atomic E-state index is 13.6. The summed E-state index contributed by atoms with van der Waals surface area (Å²) in [6.45, 7) is 9.81. The SMILES string of the molecule is COc1ccc(C2=NN(C3CCN(C(=O)[C@@H](CCC(=O)N(C)C)NC(=O)OC(C)(C)C)CC3)C(=O)C(C)(C)C2)cc1OC. The number of methoxy groups -OCH3 is 2. The number of hydrogen-bond donors (Lipinski definition) is 1. The third-order valence-corrected chi connectivity index (χ3v) is 7.60. The number of amides is 4. The second-order valence-electron chi connectivity index (χ2n) is 12.9. The van der Waals surface area contributed by atoms with E-state index in [1.165, 1.54) is 4.90 Å². The van der Waals surface area contributed by atoms with Crippen LogP contribution in [0.1, 0.15) is 72.3 Å². The molecule has 2 aliphatic heterocycles. The molecule has 4 amide bonds. The molecule has 1 N–H and O–H groups in total. The molecule has 0 spiro atoms. The van der Waals surface area contributed by atoms with Crippen molar-refractivity contribution in [3.05, 3.63) is 23.8 Å². The van der Waals surface area contributed by atoms with Gasteiger partial charge in [0.25, 0.3) is 0 Å². The number of hydrazone groups is 1. The molecule has 43 heavy (non-hydrogen) atoms. The van der Waals surface area contributed by atoms with Gasteiger partial charge in [0.1, 0.15) is 11.6 Å². The predicted molar refractivity (Wildman–Crippen MR) is 162 cm³/mol. The van der Waals surface area contributed by atoms with Gasteiger partial charge in [-0.2, -0.15) is 5.10 Å². The molecule has 1 aromatic carbocycles. The van der Waals surface area contributed by atoms with E-state index in [2.05, 4.69) is 5.32 Å². The second kappa shape index (κ2) is 13.6. The number of nitrogens with one attached hydrogen (secondary N) is 1. The van der Waals surface area contributed by atoms with Gasteiger partial charge < -0.3 is 29.3 Å². The van der Waals surface area contributed by atoms with Gasteiger partial charge in [-0.05, 0) is 58.2 Å². The molecule has 12 nitrogen and oxygen atoms in total. The Morgan fingerprint density at radius 1 is 1.09 bits per heavy atom. The zero-order chi connectivity index (χ0) is 32.1. The highest BCUT2D eigenvalue weighted by Crippen LogP contribution is 2.36. The van der Waals surface area contributed by atoms with Crippen molar-refractivity contribution >= 4 is 29.5 Å². The van der Waals surface area contributed by atoms with E-state index in [4.69, 9.17) is 19.3 Å². The first-order valence-electron chi connectivity index (χ1n) is 14.7. The molecule has 12 heteroatoms. The lowest BCUT2D eigenvalue weighted by Crippen LogP contribution is -2.55. The van der Waals surface area contributed by atoms with Crippen LogP contribution in [0.25, 0.3) is 0 Å². The highest BCUT2D eigenvalue weighted by molar-refractivity contribution is 6.06. The summed E-state index contributed by atoms with van der Waals surface area (Å²) in [5.74, 6) is 0.704. The summed E-state index contributed by atoms with van der Waals surface area (Å²) in [5.41, 5.74) is 0.217. The molecule has 0 aliphatic carbocycles. The molecule has 1 atom stereocenters. The van der Waals surface area contributed by atoms with Crippen LogP contribution in [0.3, 0.4) is 0 Å². The average Bonchev–Trinajstić information content (AvgIpc) is 2.94. The van der Waals surface area contributed by atoms with Crippen molar-refractivity contribution < 1.29 is 33.4 Å².